The molecule has 7 heteroatoms. The summed E-state index contributed by atoms with van der Waals surface area (Å²) in [5.74, 6) is 0.496. The van der Waals surface area contributed by atoms with Crippen LogP contribution in [0.25, 0.3) is 0 Å². The highest BCUT2D eigenvalue weighted by atomic mass is 16.6. The zero-order valence-electron chi connectivity index (χ0n) is 10.7. The monoisotopic (exact) mass is 253 g/mol. The van der Waals surface area contributed by atoms with Crippen LogP contribution < -0.4 is 10.6 Å². The molecule has 0 aromatic carbocycles. The van der Waals surface area contributed by atoms with E-state index < -0.39 is 4.92 Å². The summed E-state index contributed by atoms with van der Waals surface area (Å²) < 4.78 is 1.70. The second-order valence-corrected chi connectivity index (χ2v) is 4.94. The highest BCUT2D eigenvalue weighted by Crippen LogP contribution is 2.30. The van der Waals surface area contributed by atoms with Crippen molar-refractivity contribution in [1.29, 1.82) is 0 Å². The second kappa shape index (κ2) is 4.93. The van der Waals surface area contributed by atoms with E-state index in [0.717, 1.165) is 25.7 Å². The maximum atomic E-state index is 11.0. The average molecular weight is 253 g/mol. The van der Waals surface area contributed by atoms with Crippen molar-refractivity contribution < 1.29 is 4.92 Å². The lowest BCUT2D eigenvalue weighted by molar-refractivity contribution is -0.388. The zero-order chi connectivity index (χ0) is 13.3. The number of nitrogens with zero attached hydrogens (tertiary/aromatic N) is 4. The van der Waals surface area contributed by atoms with Crippen LogP contribution in [-0.2, 0) is 7.05 Å². The number of aromatic nitrogens is 2. The van der Waals surface area contributed by atoms with Crippen LogP contribution in [0.5, 0.6) is 0 Å². The summed E-state index contributed by atoms with van der Waals surface area (Å²) in [4.78, 5) is 16.3. The first-order valence-electron chi connectivity index (χ1n) is 6.14. The van der Waals surface area contributed by atoms with Gasteiger partial charge in [-0.15, -0.1) is 0 Å². The molecule has 0 spiro atoms. The number of hydrogen-bond donors (Lipinski definition) is 1. The van der Waals surface area contributed by atoms with Crippen molar-refractivity contribution in [2.24, 2.45) is 12.8 Å². The predicted octanol–water partition coefficient (Wildman–Crippen LogP) is 1.03. The third kappa shape index (κ3) is 2.31. The van der Waals surface area contributed by atoms with Gasteiger partial charge in [0, 0.05) is 26.2 Å². The highest BCUT2D eigenvalue weighted by Gasteiger charge is 2.29. The fourth-order valence-corrected chi connectivity index (χ4v) is 2.61. The van der Waals surface area contributed by atoms with Gasteiger partial charge in [0.15, 0.2) is 0 Å². The Morgan fingerprint density at radius 3 is 2.67 bits per heavy atom. The molecular formula is C11H19N5O2. The van der Waals surface area contributed by atoms with E-state index in [1.54, 1.807) is 11.6 Å². The zero-order valence-corrected chi connectivity index (χ0v) is 10.7. The summed E-state index contributed by atoms with van der Waals surface area (Å²) in [6.45, 7) is 0. The number of nitro groups is 1. The van der Waals surface area contributed by atoms with Gasteiger partial charge in [-0.3, -0.25) is 4.57 Å². The van der Waals surface area contributed by atoms with Crippen molar-refractivity contribution in [1.82, 2.24) is 9.55 Å². The van der Waals surface area contributed by atoms with Crippen LogP contribution in [0.2, 0.25) is 0 Å². The standard InChI is InChI=1S/C11H19N5O2/c1-14-7-13-10(16(17)18)11(14)15(2)9-5-3-8(12)4-6-9/h7-9H,3-6,12H2,1-2H3. The van der Waals surface area contributed by atoms with Gasteiger partial charge in [0.1, 0.15) is 0 Å². The Kier molecular flexibility index (Phi) is 3.51. The van der Waals surface area contributed by atoms with Crippen LogP contribution in [-0.4, -0.2) is 33.6 Å². The molecule has 0 atom stereocenters. The largest absolute Gasteiger partial charge is 0.406 e. The number of imidazole rings is 1. The molecule has 1 saturated carbocycles. The van der Waals surface area contributed by atoms with E-state index in [4.69, 9.17) is 5.73 Å². The van der Waals surface area contributed by atoms with Gasteiger partial charge in [0.25, 0.3) is 0 Å². The number of hydrogen-bond acceptors (Lipinski definition) is 5. The first-order chi connectivity index (χ1) is 8.50. The van der Waals surface area contributed by atoms with Gasteiger partial charge in [-0.25, -0.2) is 0 Å². The summed E-state index contributed by atoms with van der Waals surface area (Å²) in [5, 5.41) is 11.0. The lowest BCUT2D eigenvalue weighted by atomic mass is 9.91. The molecule has 7 nitrogen and oxygen atoms in total. The number of anilines is 1. The normalized spacial score (nSPS) is 23.9. The molecular weight excluding hydrogens is 234 g/mol. The Bertz CT molecular complexity index is 437. The molecule has 1 heterocycles. The molecule has 0 aliphatic heterocycles. The van der Waals surface area contributed by atoms with E-state index in [2.05, 4.69) is 4.98 Å². The van der Waals surface area contributed by atoms with Crippen LogP contribution in [0.1, 0.15) is 25.7 Å². The molecule has 1 aliphatic carbocycles. The van der Waals surface area contributed by atoms with E-state index in [1.165, 1.54) is 6.33 Å². The number of nitrogens with two attached hydrogens (primary N) is 1. The Morgan fingerprint density at radius 1 is 1.50 bits per heavy atom. The maximum Gasteiger partial charge on any atom is 0.406 e. The molecule has 1 aliphatic rings. The molecule has 1 fully saturated rings. The van der Waals surface area contributed by atoms with Crippen LogP contribution in [0.3, 0.4) is 0 Å². The number of aryl methyl sites for hydroxylation is 1. The molecule has 0 bridgehead atoms. The Balaban J connectivity index is 2.20. The third-order valence-electron chi connectivity index (χ3n) is 3.68. The minimum atomic E-state index is -0.430. The molecule has 2 rings (SSSR count). The second-order valence-electron chi connectivity index (χ2n) is 4.94. The summed E-state index contributed by atoms with van der Waals surface area (Å²) in [6, 6.07) is 0.579. The SMILES string of the molecule is CN(c1c([N+](=O)[O-])ncn1C)C1CCC(N)CC1. The Morgan fingerprint density at radius 2 is 2.11 bits per heavy atom. The lowest BCUT2D eigenvalue weighted by Crippen LogP contribution is -2.39. The van der Waals surface area contributed by atoms with Gasteiger partial charge in [0.2, 0.25) is 12.1 Å². The summed E-state index contributed by atoms with van der Waals surface area (Å²) in [5.41, 5.74) is 5.88. The molecule has 0 radical (unpaired) electrons. The van der Waals surface area contributed by atoms with E-state index in [9.17, 15) is 10.1 Å². The molecule has 1 aromatic heterocycles. The van der Waals surface area contributed by atoms with Gasteiger partial charge < -0.3 is 20.7 Å². The van der Waals surface area contributed by atoms with Gasteiger partial charge >= 0.3 is 5.82 Å². The van der Waals surface area contributed by atoms with Crippen molar-refractivity contribution in [3.63, 3.8) is 0 Å². The van der Waals surface area contributed by atoms with Crippen molar-refractivity contribution in [3.05, 3.63) is 16.4 Å². The smallest absolute Gasteiger partial charge is 0.358 e. The Hall–Kier alpha value is -1.63. The van der Waals surface area contributed by atoms with Crippen LogP contribution in [0.15, 0.2) is 6.33 Å². The van der Waals surface area contributed by atoms with E-state index >= 15 is 0 Å². The Labute approximate surface area is 106 Å². The van der Waals surface area contributed by atoms with Gasteiger partial charge in [-0.05, 0) is 35.6 Å². The number of rotatable bonds is 3. The maximum absolute atomic E-state index is 11.0. The quantitative estimate of drug-likeness (QED) is 0.642. The average Bonchev–Trinajstić information content (AvgIpc) is 2.71. The van der Waals surface area contributed by atoms with Crippen molar-refractivity contribution in [3.8, 4) is 0 Å². The topological polar surface area (TPSA) is 90.2 Å². The molecule has 100 valence electrons. The molecule has 0 amide bonds. The molecule has 1 aromatic rings. The van der Waals surface area contributed by atoms with E-state index in [1.807, 2.05) is 11.9 Å². The van der Waals surface area contributed by atoms with Crippen LogP contribution in [0.4, 0.5) is 11.6 Å². The third-order valence-corrected chi connectivity index (χ3v) is 3.68. The first kappa shape index (κ1) is 12.8. The van der Waals surface area contributed by atoms with Gasteiger partial charge in [0.05, 0.1) is 0 Å². The minimum absolute atomic E-state index is 0.0742. The first-order valence-corrected chi connectivity index (χ1v) is 6.14. The van der Waals surface area contributed by atoms with Crippen LogP contribution in [0, 0.1) is 10.1 Å². The van der Waals surface area contributed by atoms with Gasteiger partial charge in [-0.2, -0.15) is 0 Å². The molecule has 2 N–H and O–H groups in total. The van der Waals surface area contributed by atoms with Crippen molar-refractivity contribution in [2.75, 3.05) is 11.9 Å². The summed E-state index contributed by atoms with van der Waals surface area (Å²) in [6.07, 6.45) is 5.37. The fourth-order valence-electron chi connectivity index (χ4n) is 2.61. The summed E-state index contributed by atoms with van der Waals surface area (Å²) in [7, 11) is 3.67. The van der Waals surface area contributed by atoms with E-state index in [0.29, 0.717) is 11.9 Å². The van der Waals surface area contributed by atoms with Crippen molar-refractivity contribution in [2.45, 2.75) is 37.8 Å². The lowest BCUT2D eigenvalue weighted by Gasteiger charge is -2.34. The van der Waals surface area contributed by atoms with Crippen molar-refractivity contribution >= 4 is 11.6 Å². The van der Waals surface area contributed by atoms with Crippen LogP contribution >= 0.6 is 0 Å². The molecule has 18 heavy (non-hydrogen) atoms. The summed E-state index contributed by atoms with van der Waals surface area (Å²) >= 11 is 0. The van der Waals surface area contributed by atoms with Gasteiger partial charge in [-0.1, -0.05) is 0 Å². The molecule has 0 saturated heterocycles. The molecule has 0 unspecified atom stereocenters. The van der Waals surface area contributed by atoms with E-state index in [-0.39, 0.29) is 11.9 Å². The minimum Gasteiger partial charge on any atom is -0.358 e. The fraction of sp³-hybridized carbons (Fsp3) is 0.727. The predicted molar refractivity (Wildman–Crippen MR) is 68.5 cm³/mol. The highest BCUT2D eigenvalue weighted by molar-refractivity contribution is 5.54.